The molecule has 132 valence electrons. The standard InChI is InChI=1S/C20H20N4O2/c1-13-12-19(23-17-8-6-16(7-9-17)22-14(2)25)24-20(21-13)15-4-10-18(26-3)11-5-15/h4-12H,1-3H3,(H,22,25)(H,21,23,24). The Morgan fingerprint density at radius 2 is 1.62 bits per heavy atom. The first-order chi connectivity index (χ1) is 12.5. The molecular weight excluding hydrogens is 328 g/mol. The van der Waals surface area contributed by atoms with Gasteiger partial charge in [-0.1, -0.05) is 0 Å². The predicted molar refractivity (Wildman–Crippen MR) is 103 cm³/mol. The molecule has 0 aliphatic carbocycles. The molecule has 6 heteroatoms. The fourth-order valence-corrected chi connectivity index (χ4v) is 2.49. The van der Waals surface area contributed by atoms with Crippen LogP contribution in [0.5, 0.6) is 5.75 Å². The van der Waals surface area contributed by atoms with Crippen molar-refractivity contribution < 1.29 is 9.53 Å². The van der Waals surface area contributed by atoms with Crippen LogP contribution in [0.25, 0.3) is 11.4 Å². The van der Waals surface area contributed by atoms with Gasteiger partial charge in [-0.15, -0.1) is 0 Å². The summed E-state index contributed by atoms with van der Waals surface area (Å²) < 4.78 is 5.19. The van der Waals surface area contributed by atoms with Crippen LogP contribution in [0, 0.1) is 6.92 Å². The average molecular weight is 348 g/mol. The summed E-state index contributed by atoms with van der Waals surface area (Å²) in [4.78, 5) is 20.2. The molecule has 1 heterocycles. The average Bonchev–Trinajstić information content (AvgIpc) is 2.62. The van der Waals surface area contributed by atoms with Gasteiger partial charge >= 0.3 is 0 Å². The number of carbonyl (C=O) groups excluding carboxylic acids is 1. The fourth-order valence-electron chi connectivity index (χ4n) is 2.49. The first kappa shape index (κ1) is 17.4. The van der Waals surface area contributed by atoms with E-state index in [0.29, 0.717) is 11.6 Å². The van der Waals surface area contributed by atoms with E-state index < -0.39 is 0 Å². The van der Waals surface area contributed by atoms with Crippen LogP contribution in [0.15, 0.2) is 54.6 Å². The van der Waals surface area contributed by atoms with Crippen LogP contribution in [0.3, 0.4) is 0 Å². The molecular formula is C20H20N4O2. The zero-order valence-electron chi connectivity index (χ0n) is 14.9. The summed E-state index contributed by atoms with van der Waals surface area (Å²) in [6.45, 7) is 3.41. The summed E-state index contributed by atoms with van der Waals surface area (Å²) >= 11 is 0. The third-order valence-corrected chi connectivity index (χ3v) is 3.68. The van der Waals surface area contributed by atoms with Crippen molar-refractivity contribution in [2.24, 2.45) is 0 Å². The first-order valence-corrected chi connectivity index (χ1v) is 8.18. The highest BCUT2D eigenvalue weighted by molar-refractivity contribution is 5.88. The molecule has 0 spiro atoms. The van der Waals surface area contributed by atoms with Gasteiger partial charge < -0.3 is 15.4 Å². The Labute approximate surface area is 152 Å². The van der Waals surface area contributed by atoms with E-state index in [1.165, 1.54) is 6.92 Å². The van der Waals surface area contributed by atoms with Crippen molar-refractivity contribution >= 4 is 23.1 Å². The van der Waals surface area contributed by atoms with Crippen LogP contribution >= 0.6 is 0 Å². The molecule has 0 saturated carbocycles. The smallest absolute Gasteiger partial charge is 0.221 e. The topological polar surface area (TPSA) is 76.1 Å². The van der Waals surface area contributed by atoms with Gasteiger partial charge in [-0.05, 0) is 55.5 Å². The maximum absolute atomic E-state index is 11.1. The maximum atomic E-state index is 11.1. The van der Waals surface area contributed by atoms with E-state index in [9.17, 15) is 4.79 Å². The molecule has 0 aliphatic heterocycles. The number of hydrogen-bond acceptors (Lipinski definition) is 5. The molecule has 6 nitrogen and oxygen atoms in total. The van der Waals surface area contributed by atoms with E-state index in [-0.39, 0.29) is 5.91 Å². The normalized spacial score (nSPS) is 10.3. The molecule has 0 saturated heterocycles. The number of rotatable bonds is 5. The Bertz CT molecular complexity index is 906. The van der Waals surface area contributed by atoms with E-state index in [2.05, 4.69) is 20.6 Å². The SMILES string of the molecule is COc1ccc(-c2nc(C)cc(Nc3ccc(NC(C)=O)cc3)n2)cc1. The fraction of sp³-hybridized carbons (Fsp3) is 0.150. The van der Waals surface area contributed by atoms with E-state index in [1.54, 1.807) is 7.11 Å². The molecule has 2 aromatic carbocycles. The lowest BCUT2D eigenvalue weighted by Gasteiger charge is -2.10. The summed E-state index contributed by atoms with van der Waals surface area (Å²) in [7, 11) is 1.64. The number of nitrogens with one attached hydrogen (secondary N) is 2. The Kier molecular flexibility index (Phi) is 5.12. The van der Waals surface area contributed by atoms with Crippen molar-refractivity contribution in [3.63, 3.8) is 0 Å². The highest BCUT2D eigenvalue weighted by atomic mass is 16.5. The van der Waals surface area contributed by atoms with Gasteiger partial charge in [-0.3, -0.25) is 4.79 Å². The lowest BCUT2D eigenvalue weighted by molar-refractivity contribution is -0.114. The number of methoxy groups -OCH3 is 1. The number of hydrogen-bond donors (Lipinski definition) is 2. The van der Waals surface area contributed by atoms with Crippen molar-refractivity contribution in [1.29, 1.82) is 0 Å². The number of benzene rings is 2. The molecule has 2 N–H and O–H groups in total. The lowest BCUT2D eigenvalue weighted by atomic mass is 10.2. The van der Waals surface area contributed by atoms with Crippen LogP contribution in [0.1, 0.15) is 12.6 Å². The van der Waals surface area contributed by atoms with E-state index in [0.717, 1.165) is 28.4 Å². The summed E-state index contributed by atoms with van der Waals surface area (Å²) in [6, 6.07) is 17.0. The molecule has 0 radical (unpaired) electrons. The Balaban J connectivity index is 1.81. The van der Waals surface area contributed by atoms with Gasteiger partial charge in [0, 0.05) is 35.6 Å². The molecule has 0 bridgehead atoms. The van der Waals surface area contributed by atoms with Gasteiger partial charge in [0.25, 0.3) is 0 Å². The zero-order chi connectivity index (χ0) is 18.5. The van der Waals surface area contributed by atoms with Gasteiger partial charge in [-0.25, -0.2) is 9.97 Å². The van der Waals surface area contributed by atoms with Crippen LogP contribution in [0.2, 0.25) is 0 Å². The van der Waals surface area contributed by atoms with Crippen LogP contribution in [-0.4, -0.2) is 23.0 Å². The second-order valence-corrected chi connectivity index (χ2v) is 5.83. The van der Waals surface area contributed by atoms with Crippen LogP contribution in [-0.2, 0) is 4.79 Å². The molecule has 26 heavy (non-hydrogen) atoms. The molecule has 0 atom stereocenters. The zero-order valence-corrected chi connectivity index (χ0v) is 14.9. The summed E-state index contributed by atoms with van der Waals surface area (Å²) in [6.07, 6.45) is 0. The quantitative estimate of drug-likeness (QED) is 0.724. The number of anilines is 3. The number of ether oxygens (including phenoxy) is 1. The van der Waals surface area contributed by atoms with Crippen molar-refractivity contribution in [3.05, 3.63) is 60.3 Å². The van der Waals surface area contributed by atoms with Gasteiger partial charge in [0.15, 0.2) is 5.82 Å². The number of nitrogens with zero attached hydrogens (tertiary/aromatic N) is 2. The van der Waals surface area contributed by atoms with Crippen LogP contribution in [0.4, 0.5) is 17.2 Å². The summed E-state index contributed by atoms with van der Waals surface area (Å²) in [5.41, 5.74) is 3.40. The largest absolute Gasteiger partial charge is 0.497 e. The second-order valence-electron chi connectivity index (χ2n) is 5.83. The van der Waals surface area contributed by atoms with Crippen molar-refractivity contribution in [2.45, 2.75) is 13.8 Å². The molecule has 0 fully saturated rings. The minimum absolute atomic E-state index is 0.0960. The summed E-state index contributed by atoms with van der Waals surface area (Å²) in [5, 5.41) is 6.01. The Hall–Kier alpha value is -3.41. The minimum atomic E-state index is -0.0960. The van der Waals surface area contributed by atoms with Gasteiger partial charge in [0.2, 0.25) is 5.91 Å². The third kappa shape index (κ3) is 4.36. The van der Waals surface area contributed by atoms with Crippen LogP contribution < -0.4 is 15.4 Å². The van der Waals surface area contributed by atoms with E-state index in [4.69, 9.17) is 4.74 Å². The first-order valence-electron chi connectivity index (χ1n) is 8.18. The van der Waals surface area contributed by atoms with Crippen molar-refractivity contribution in [3.8, 4) is 17.1 Å². The number of aromatic nitrogens is 2. The van der Waals surface area contributed by atoms with Gasteiger partial charge in [0.05, 0.1) is 7.11 Å². The molecule has 0 aliphatic rings. The second kappa shape index (κ2) is 7.65. The molecule has 0 unspecified atom stereocenters. The minimum Gasteiger partial charge on any atom is -0.497 e. The maximum Gasteiger partial charge on any atom is 0.221 e. The van der Waals surface area contributed by atoms with Crippen molar-refractivity contribution in [1.82, 2.24) is 9.97 Å². The predicted octanol–water partition coefficient (Wildman–Crippen LogP) is 4.16. The van der Waals surface area contributed by atoms with E-state index >= 15 is 0 Å². The van der Waals surface area contributed by atoms with E-state index in [1.807, 2.05) is 61.5 Å². The molecule has 3 rings (SSSR count). The van der Waals surface area contributed by atoms with Crippen molar-refractivity contribution in [2.75, 3.05) is 17.7 Å². The lowest BCUT2D eigenvalue weighted by Crippen LogP contribution is -2.05. The Morgan fingerprint density at radius 3 is 2.23 bits per heavy atom. The monoisotopic (exact) mass is 348 g/mol. The molecule has 1 aromatic heterocycles. The van der Waals surface area contributed by atoms with Gasteiger partial charge in [-0.2, -0.15) is 0 Å². The summed E-state index contributed by atoms with van der Waals surface area (Å²) in [5.74, 6) is 2.04. The number of aryl methyl sites for hydroxylation is 1. The highest BCUT2D eigenvalue weighted by Crippen LogP contribution is 2.23. The third-order valence-electron chi connectivity index (χ3n) is 3.68. The van der Waals surface area contributed by atoms with Gasteiger partial charge in [0.1, 0.15) is 11.6 Å². The highest BCUT2D eigenvalue weighted by Gasteiger charge is 2.06. The molecule has 3 aromatic rings. The number of carbonyl (C=O) groups is 1. The molecule has 1 amide bonds. The number of amides is 1. The Morgan fingerprint density at radius 1 is 0.962 bits per heavy atom.